The van der Waals surface area contributed by atoms with Gasteiger partial charge >= 0.3 is 0 Å². The lowest BCUT2D eigenvalue weighted by molar-refractivity contribution is 0.136. The summed E-state index contributed by atoms with van der Waals surface area (Å²) in [4.78, 5) is 0. The molecule has 0 aromatic heterocycles. The van der Waals surface area contributed by atoms with Gasteiger partial charge in [-0.05, 0) is 61.6 Å². The van der Waals surface area contributed by atoms with Crippen LogP contribution in [0.5, 0.6) is 5.75 Å². The number of hydrogen-bond donors (Lipinski definition) is 1. The number of benzene rings is 1. The molecular formula is C20H23NO2. The van der Waals surface area contributed by atoms with Crippen molar-refractivity contribution in [3.05, 3.63) is 59.4 Å². The van der Waals surface area contributed by atoms with E-state index in [0.717, 1.165) is 29.7 Å². The van der Waals surface area contributed by atoms with Crippen molar-refractivity contribution in [2.45, 2.75) is 39.7 Å². The van der Waals surface area contributed by atoms with Crippen LogP contribution < -0.4 is 0 Å². The lowest BCUT2D eigenvalue weighted by Crippen LogP contribution is -2.06. The molecular weight excluding hydrogens is 286 g/mol. The Morgan fingerprint density at radius 1 is 1.39 bits per heavy atom. The third kappa shape index (κ3) is 4.50. The zero-order valence-corrected chi connectivity index (χ0v) is 13.9. The number of allylic oxidation sites excluding steroid dienone is 5. The average molecular weight is 309 g/mol. The molecule has 0 amide bonds. The molecule has 1 aliphatic carbocycles. The van der Waals surface area contributed by atoms with Gasteiger partial charge in [-0.25, -0.2) is 0 Å². The van der Waals surface area contributed by atoms with Crippen LogP contribution in [0.15, 0.2) is 48.3 Å². The molecule has 1 aromatic rings. The van der Waals surface area contributed by atoms with E-state index in [1.54, 1.807) is 12.1 Å². The van der Waals surface area contributed by atoms with Gasteiger partial charge in [0.25, 0.3) is 0 Å². The predicted molar refractivity (Wildman–Crippen MR) is 92.6 cm³/mol. The number of aromatic hydroxyl groups is 1. The Bertz CT molecular complexity index is 692. The van der Waals surface area contributed by atoms with E-state index in [4.69, 9.17) is 10.00 Å². The number of nitriles is 1. The minimum atomic E-state index is 0.126. The summed E-state index contributed by atoms with van der Waals surface area (Å²) < 4.78 is 5.94. The Morgan fingerprint density at radius 2 is 2.17 bits per heavy atom. The van der Waals surface area contributed by atoms with Crippen molar-refractivity contribution >= 4 is 5.57 Å². The minimum absolute atomic E-state index is 0.126. The lowest BCUT2D eigenvalue weighted by Gasteiger charge is -2.17. The van der Waals surface area contributed by atoms with Gasteiger partial charge in [0.05, 0.1) is 17.7 Å². The quantitative estimate of drug-likeness (QED) is 0.856. The second-order valence-electron chi connectivity index (χ2n) is 5.96. The Kier molecular flexibility index (Phi) is 5.65. The number of nitrogens with zero attached hydrogens (tertiary/aromatic N) is 1. The summed E-state index contributed by atoms with van der Waals surface area (Å²) in [5, 5.41) is 19.1. The Morgan fingerprint density at radius 3 is 2.83 bits per heavy atom. The summed E-state index contributed by atoms with van der Waals surface area (Å²) in [6, 6.07) is 7.04. The highest BCUT2D eigenvalue weighted by atomic mass is 16.5. The SMILES string of the molecule is CCC(C)OC1=C/C(C)C/C=C(c2ccc(C#N)cc2O)/C=C\1. The maximum Gasteiger partial charge on any atom is 0.124 e. The van der Waals surface area contributed by atoms with Gasteiger partial charge in [0, 0.05) is 5.56 Å². The second-order valence-corrected chi connectivity index (χ2v) is 5.96. The molecule has 2 unspecified atom stereocenters. The monoisotopic (exact) mass is 309 g/mol. The van der Waals surface area contributed by atoms with Crippen molar-refractivity contribution in [3.8, 4) is 11.8 Å². The van der Waals surface area contributed by atoms with Gasteiger partial charge in [0.1, 0.15) is 11.5 Å². The van der Waals surface area contributed by atoms with Crippen LogP contribution >= 0.6 is 0 Å². The van der Waals surface area contributed by atoms with Crippen LogP contribution in [-0.2, 0) is 4.74 Å². The van der Waals surface area contributed by atoms with Gasteiger partial charge < -0.3 is 9.84 Å². The molecule has 0 radical (unpaired) electrons. The van der Waals surface area contributed by atoms with Crippen molar-refractivity contribution in [1.29, 1.82) is 5.26 Å². The van der Waals surface area contributed by atoms with Crippen molar-refractivity contribution in [3.63, 3.8) is 0 Å². The molecule has 1 aromatic carbocycles. The lowest BCUT2D eigenvalue weighted by atomic mass is 9.96. The summed E-state index contributed by atoms with van der Waals surface area (Å²) in [7, 11) is 0. The zero-order chi connectivity index (χ0) is 16.8. The molecule has 0 saturated heterocycles. The Balaban J connectivity index is 2.31. The van der Waals surface area contributed by atoms with Gasteiger partial charge in [-0.15, -0.1) is 0 Å². The van der Waals surface area contributed by atoms with Gasteiger partial charge in [-0.1, -0.05) is 26.0 Å². The first-order valence-corrected chi connectivity index (χ1v) is 8.03. The molecule has 3 heteroatoms. The largest absolute Gasteiger partial charge is 0.507 e. The van der Waals surface area contributed by atoms with Crippen molar-refractivity contribution in [2.24, 2.45) is 5.92 Å². The molecule has 0 fully saturated rings. The first-order valence-electron chi connectivity index (χ1n) is 8.03. The first kappa shape index (κ1) is 16.9. The minimum Gasteiger partial charge on any atom is -0.507 e. The molecule has 3 nitrogen and oxygen atoms in total. The van der Waals surface area contributed by atoms with Crippen molar-refractivity contribution < 1.29 is 9.84 Å². The van der Waals surface area contributed by atoms with Crippen LogP contribution in [-0.4, -0.2) is 11.2 Å². The van der Waals surface area contributed by atoms with Crippen LogP contribution in [0.2, 0.25) is 0 Å². The maximum absolute atomic E-state index is 10.2. The highest BCUT2D eigenvalue weighted by molar-refractivity contribution is 5.78. The van der Waals surface area contributed by atoms with Gasteiger partial charge in [-0.2, -0.15) is 5.26 Å². The third-order valence-electron chi connectivity index (χ3n) is 3.94. The number of phenolic OH excluding ortho intramolecular Hbond substituents is 1. The fourth-order valence-corrected chi connectivity index (χ4v) is 2.40. The number of ether oxygens (including phenoxy) is 1. The third-order valence-corrected chi connectivity index (χ3v) is 3.94. The van der Waals surface area contributed by atoms with E-state index in [0.29, 0.717) is 11.5 Å². The maximum atomic E-state index is 10.2. The second kappa shape index (κ2) is 7.69. The summed E-state index contributed by atoms with van der Waals surface area (Å²) in [6.45, 7) is 6.30. The van der Waals surface area contributed by atoms with E-state index in [1.165, 1.54) is 6.07 Å². The highest BCUT2D eigenvalue weighted by Gasteiger charge is 2.11. The molecule has 2 atom stereocenters. The topological polar surface area (TPSA) is 53.2 Å². The summed E-state index contributed by atoms with van der Waals surface area (Å²) in [6.07, 6.45) is 10.2. The Labute approximate surface area is 138 Å². The molecule has 120 valence electrons. The van der Waals surface area contributed by atoms with E-state index >= 15 is 0 Å². The fourth-order valence-electron chi connectivity index (χ4n) is 2.40. The van der Waals surface area contributed by atoms with Crippen molar-refractivity contribution in [2.75, 3.05) is 0 Å². The van der Waals surface area contributed by atoms with Crippen LogP contribution in [0, 0.1) is 17.2 Å². The summed E-state index contributed by atoms with van der Waals surface area (Å²) in [5.41, 5.74) is 2.13. The smallest absolute Gasteiger partial charge is 0.124 e. The van der Waals surface area contributed by atoms with E-state index in [-0.39, 0.29) is 11.9 Å². The number of phenols is 1. The molecule has 0 aliphatic heterocycles. The summed E-state index contributed by atoms with van der Waals surface area (Å²) in [5.74, 6) is 1.35. The standard InChI is InChI=1S/C20H23NO2/c1-4-15(3)23-18-9-8-17(7-5-14(2)11-18)19-10-6-16(13-21)12-20(19)22/h6-12,14-15,22H,4-5H2,1-3H3/b9-8-,17-7-,18-11+. The van der Waals surface area contributed by atoms with E-state index in [1.807, 2.05) is 18.2 Å². The number of hydrogen-bond acceptors (Lipinski definition) is 3. The van der Waals surface area contributed by atoms with Crippen LogP contribution in [0.1, 0.15) is 44.7 Å². The Hall–Kier alpha value is -2.47. The van der Waals surface area contributed by atoms with E-state index < -0.39 is 0 Å². The highest BCUT2D eigenvalue weighted by Crippen LogP contribution is 2.30. The molecule has 1 N–H and O–H groups in total. The van der Waals surface area contributed by atoms with Crippen LogP contribution in [0.25, 0.3) is 5.57 Å². The summed E-state index contributed by atoms with van der Waals surface area (Å²) >= 11 is 0. The van der Waals surface area contributed by atoms with Gasteiger partial charge in [-0.3, -0.25) is 0 Å². The van der Waals surface area contributed by atoms with E-state index in [9.17, 15) is 5.11 Å². The average Bonchev–Trinajstić information content (AvgIpc) is 2.53. The van der Waals surface area contributed by atoms with Crippen molar-refractivity contribution in [1.82, 2.24) is 0 Å². The van der Waals surface area contributed by atoms with Crippen LogP contribution in [0.3, 0.4) is 0 Å². The molecule has 2 rings (SSSR count). The van der Waals surface area contributed by atoms with E-state index in [2.05, 4.69) is 32.9 Å². The van der Waals surface area contributed by atoms with Gasteiger partial charge in [0.2, 0.25) is 0 Å². The first-order chi connectivity index (χ1) is 11.0. The zero-order valence-electron chi connectivity index (χ0n) is 13.9. The van der Waals surface area contributed by atoms with Gasteiger partial charge in [0.15, 0.2) is 0 Å². The normalized spacial score (nSPS) is 24.9. The molecule has 23 heavy (non-hydrogen) atoms. The van der Waals surface area contributed by atoms with Crippen LogP contribution in [0.4, 0.5) is 0 Å². The molecule has 1 aliphatic rings. The number of rotatable bonds is 4. The fraction of sp³-hybridized carbons (Fsp3) is 0.350. The molecule has 0 saturated carbocycles. The predicted octanol–water partition coefficient (Wildman–Crippen LogP) is 4.94. The molecule has 0 heterocycles. The molecule has 0 bridgehead atoms. The molecule has 0 spiro atoms.